The van der Waals surface area contributed by atoms with Gasteiger partial charge in [-0.25, -0.2) is 0 Å². The Morgan fingerprint density at radius 2 is 1.67 bits per heavy atom. The summed E-state index contributed by atoms with van der Waals surface area (Å²) in [5.41, 5.74) is 5.60. The Morgan fingerprint density at radius 3 is 2.33 bits per heavy atom. The highest BCUT2D eigenvalue weighted by Gasteiger charge is 2.45. The summed E-state index contributed by atoms with van der Waals surface area (Å²) in [6, 6.07) is 24.3. The van der Waals surface area contributed by atoms with E-state index in [0.717, 1.165) is 40.5 Å². The first kappa shape index (κ1) is 25.4. The van der Waals surface area contributed by atoms with Gasteiger partial charge in [0.2, 0.25) is 5.91 Å². The summed E-state index contributed by atoms with van der Waals surface area (Å²) in [5, 5.41) is 0. The van der Waals surface area contributed by atoms with Gasteiger partial charge in [-0.15, -0.1) is 0 Å². The second-order valence-corrected chi connectivity index (χ2v) is 11.0. The highest BCUT2D eigenvalue weighted by molar-refractivity contribution is 6.13. The first-order chi connectivity index (χ1) is 18.9. The van der Waals surface area contributed by atoms with Crippen LogP contribution >= 0.6 is 0 Å². The Morgan fingerprint density at radius 1 is 0.949 bits per heavy atom. The molecule has 4 atom stereocenters. The Balaban J connectivity index is 1.43. The molecule has 1 aliphatic carbocycles. The van der Waals surface area contributed by atoms with E-state index in [4.69, 9.17) is 9.73 Å². The average molecular weight is 522 g/mol. The third-order valence-corrected chi connectivity index (χ3v) is 8.65. The number of Topliss-reactive ketones (excluding diaryl/α,β-unsaturated/α-hetero) is 1. The predicted octanol–water partition coefficient (Wildman–Crippen LogP) is 6.63. The molecule has 200 valence electrons. The van der Waals surface area contributed by atoms with Gasteiger partial charge < -0.3 is 14.5 Å². The molecule has 2 aliphatic heterocycles. The number of ketones is 1. The topological polar surface area (TPSA) is 62.2 Å². The van der Waals surface area contributed by atoms with Crippen molar-refractivity contribution >= 4 is 34.5 Å². The standard InChI is InChI=1S/C33H35N3O3/c1-21-7-6-18-35(21)26-14-10-24(11-15-26)33-32-29(34-28-8-4-5-9-30(28)36(33)22(2)37)19-25(20-31(32)38)23-12-16-27(39-3)17-13-23/h4-5,8-17,21,25,32-33H,6-7,18-20H2,1-3H3. The van der Waals surface area contributed by atoms with E-state index in [0.29, 0.717) is 18.9 Å². The fourth-order valence-electron chi connectivity index (χ4n) is 6.70. The molecule has 3 aromatic carbocycles. The average Bonchev–Trinajstić information content (AvgIpc) is 3.31. The maximum atomic E-state index is 14.1. The van der Waals surface area contributed by atoms with E-state index in [1.54, 1.807) is 18.9 Å². The van der Waals surface area contributed by atoms with Crippen LogP contribution in [0.4, 0.5) is 17.1 Å². The van der Waals surface area contributed by atoms with Gasteiger partial charge in [0.05, 0.1) is 30.4 Å². The number of hydrogen-bond acceptors (Lipinski definition) is 5. The molecule has 0 radical (unpaired) electrons. The van der Waals surface area contributed by atoms with Crippen LogP contribution in [0.15, 0.2) is 77.8 Å². The van der Waals surface area contributed by atoms with Gasteiger partial charge >= 0.3 is 0 Å². The molecule has 1 saturated heterocycles. The number of anilines is 2. The first-order valence-electron chi connectivity index (χ1n) is 13.9. The molecular formula is C33H35N3O3. The van der Waals surface area contributed by atoms with Crippen LogP contribution in [0.2, 0.25) is 0 Å². The molecule has 4 unspecified atom stereocenters. The molecule has 2 heterocycles. The molecule has 0 spiro atoms. The third kappa shape index (κ3) is 4.62. The van der Waals surface area contributed by atoms with Crippen LogP contribution in [0.3, 0.4) is 0 Å². The van der Waals surface area contributed by atoms with Crippen molar-refractivity contribution < 1.29 is 14.3 Å². The number of amides is 1. The summed E-state index contributed by atoms with van der Waals surface area (Å²) >= 11 is 0. The van der Waals surface area contributed by atoms with Crippen molar-refractivity contribution in [3.63, 3.8) is 0 Å². The zero-order valence-electron chi connectivity index (χ0n) is 22.8. The van der Waals surface area contributed by atoms with Crippen molar-refractivity contribution in [3.05, 3.63) is 83.9 Å². The van der Waals surface area contributed by atoms with Crippen LogP contribution in [-0.4, -0.2) is 37.1 Å². The summed E-state index contributed by atoms with van der Waals surface area (Å²) in [6.07, 6.45) is 3.48. The SMILES string of the molecule is COc1ccc(C2CC(=O)C3C(=Nc4ccccc4N(C(C)=O)C3c3ccc(N4CCCC4C)cc3)C2)cc1. The molecule has 2 fully saturated rings. The number of ether oxygens (including phenoxy) is 1. The number of hydrogen-bond donors (Lipinski definition) is 0. The lowest BCUT2D eigenvalue weighted by atomic mass is 9.72. The van der Waals surface area contributed by atoms with Crippen LogP contribution in [0, 0.1) is 5.92 Å². The highest BCUT2D eigenvalue weighted by Crippen LogP contribution is 2.47. The Labute approximate surface area is 230 Å². The molecule has 1 saturated carbocycles. The van der Waals surface area contributed by atoms with Crippen LogP contribution in [0.5, 0.6) is 5.75 Å². The minimum Gasteiger partial charge on any atom is -0.497 e. The van der Waals surface area contributed by atoms with E-state index in [1.165, 1.54) is 18.5 Å². The first-order valence-corrected chi connectivity index (χ1v) is 13.9. The number of carbonyl (C=O) groups excluding carboxylic acids is 2. The summed E-state index contributed by atoms with van der Waals surface area (Å²) in [6.45, 7) is 4.91. The van der Waals surface area contributed by atoms with Gasteiger partial charge in [-0.3, -0.25) is 14.6 Å². The number of nitrogens with zero attached hydrogens (tertiary/aromatic N) is 3. The Hall–Kier alpha value is -3.93. The van der Waals surface area contributed by atoms with Crippen molar-refractivity contribution in [3.8, 4) is 5.75 Å². The second-order valence-electron chi connectivity index (χ2n) is 11.0. The van der Waals surface area contributed by atoms with Gasteiger partial charge in [0.15, 0.2) is 0 Å². The van der Waals surface area contributed by atoms with Gasteiger partial charge in [-0.1, -0.05) is 36.4 Å². The van der Waals surface area contributed by atoms with Gasteiger partial charge in [0.1, 0.15) is 11.5 Å². The van der Waals surface area contributed by atoms with E-state index in [-0.39, 0.29) is 17.6 Å². The number of benzene rings is 3. The van der Waals surface area contributed by atoms with Crippen LogP contribution in [0.25, 0.3) is 0 Å². The third-order valence-electron chi connectivity index (χ3n) is 8.65. The summed E-state index contributed by atoms with van der Waals surface area (Å²) in [7, 11) is 1.65. The van der Waals surface area contributed by atoms with Crippen LogP contribution in [0.1, 0.15) is 62.6 Å². The number of para-hydroxylation sites is 2. The van der Waals surface area contributed by atoms with E-state index in [2.05, 4.69) is 36.1 Å². The largest absolute Gasteiger partial charge is 0.497 e. The van der Waals surface area contributed by atoms with Crippen molar-refractivity contribution in [2.75, 3.05) is 23.5 Å². The van der Waals surface area contributed by atoms with Gasteiger partial charge in [0, 0.05) is 37.3 Å². The molecule has 1 amide bonds. The van der Waals surface area contributed by atoms with E-state index in [1.807, 2.05) is 48.5 Å². The van der Waals surface area contributed by atoms with Crippen molar-refractivity contribution in [2.24, 2.45) is 10.9 Å². The molecular weight excluding hydrogens is 486 g/mol. The Kier molecular flexibility index (Phi) is 6.71. The normalized spacial score (nSPS) is 24.5. The number of methoxy groups -OCH3 is 1. The molecule has 3 aromatic rings. The molecule has 0 aromatic heterocycles. The highest BCUT2D eigenvalue weighted by atomic mass is 16.5. The molecule has 6 heteroatoms. The van der Waals surface area contributed by atoms with Crippen LogP contribution < -0.4 is 14.5 Å². The monoisotopic (exact) mass is 521 g/mol. The lowest BCUT2D eigenvalue weighted by molar-refractivity contribution is -0.123. The second kappa shape index (κ2) is 10.3. The molecule has 0 N–H and O–H groups in total. The minimum absolute atomic E-state index is 0.0362. The van der Waals surface area contributed by atoms with Gasteiger partial charge in [0.25, 0.3) is 0 Å². The fourth-order valence-corrected chi connectivity index (χ4v) is 6.70. The lowest BCUT2D eigenvalue weighted by Gasteiger charge is -2.38. The molecule has 6 nitrogen and oxygen atoms in total. The number of fused-ring (bicyclic) bond motifs is 2. The van der Waals surface area contributed by atoms with E-state index in [9.17, 15) is 9.59 Å². The summed E-state index contributed by atoms with van der Waals surface area (Å²) in [4.78, 5) is 36.7. The van der Waals surface area contributed by atoms with Gasteiger partial charge in [-0.05, 0) is 79.6 Å². The zero-order chi connectivity index (χ0) is 27.1. The number of carbonyl (C=O) groups is 2. The fraction of sp³-hybridized carbons (Fsp3) is 0.364. The minimum atomic E-state index is -0.493. The maximum absolute atomic E-state index is 14.1. The smallest absolute Gasteiger partial charge is 0.224 e. The van der Waals surface area contributed by atoms with Crippen molar-refractivity contribution in [1.82, 2.24) is 0 Å². The van der Waals surface area contributed by atoms with E-state index >= 15 is 0 Å². The summed E-state index contributed by atoms with van der Waals surface area (Å²) in [5.74, 6) is 0.373. The molecule has 0 bridgehead atoms. The number of aliphatic imine (C=N–C) groups is 1. The maximum Gasteiger partial charge on any atom is 0.224 e. The van der Waals surface area contributed by atoms with Crippen molar-refractivity contribution in [1.29, 1.82) is 0 Å². The van der Waals surface area contributed by atoms with Gasteiger partial charge in [-0.2, -0.15) is 0 Å². The lowest BCUT2D eigenvalue weighted by Crippen LogP contribution is -2.45. The molecule has 3 aliphatic rings. The molecule has 6 rings (SSSR count). The summed E-state index contributed by atoms with van der Waals surface area (Å²) < 4.78 is 5.33. The Bertz CT molecular complexity index is 1410. The van der Waals surface area contributed by atoms with Crippen LogP contribution in [-0.2, 0) is 9.59 Å². The van der Waals surface area contributed by atoms with E-state index < -0.39 is 12.0 Å². The van der Waals surface area contributed by atoms with Crippen molar-refractivity contribution in [2.45, 2.75) is 57.5 Å². The quantitative estimate of drug-likeness (QED) is 0.387. The molecule has 39 heavy (non-hydrogen) atoms. The number of rotatable bonds is 4. The predicted molar refractivity (Wildman–Crippen MR) is 155 cm³/mol. The zero-order valence-corrected chi connectivity index (χ0v) is 22.8.